The number of benzene rings is 2. The fourth-order valence-corrected chi connectivity index (χ4v) is 4.18. The number of nitrogens with one attached hydrogen (secondary N) is 2. The zero-order valence-corrected chi connectivity index (χ0v) is 18.7. The monoisotopic (exact) mass is 451 g/mol. The van der Waals surface area contributed by atoms with Crippen LogP contribution in [0.4, 0.5) is 10.5 Å². The first-order valence-corrected chi connectivity index (χ1v) is 11.4. The van der Waals surface area contributed by atoms with Crippen LogP contribution >= 0.6 is 0 Å². The van der Waals surface area contributed by atoms with E-state index in [9.17, 15) is 9.59 Å². The molecule has 1 fully saturated rings. The summed E-state index contributed by atoms with van der Waals surface area (Å²) in [6.45, 7) is 1.93. The predicted octanol–water partition coefficient (Wildman–Crippen LogP) is 4.85. The molecule has 170 valence electrons. The van der Waals surface area contributed by atoms with Gasteiger partial charge in [0.15, 0.2) is 0 Å². The molecule has 34 heavy (non-hydrogen) atoms. The number of likely N-dealkylation sites (tertiary alicyclic amines) is 1. The van der Waals surface area contributed by atoms with Crippen LogP contribution in [0, 0.1) is 0 Å². The summed E-state index contributed by atoms with van der Waals surface area (Å²) in [4.78, 5) is 36.3. The van der Waals surface area contributed by atoms with Crippen molar-refractivity contribution in [1.29, 1.82) is 0 Å². The van der Waals surface area contributed by atoms with Crippen LogP contribution in [0.3, 0.4) is 0 Å². The quantitative estimate of drug-likeness (QED) is 0.454. The van der Waals surface area contributed by atoms with Gasteiger partial charge in [0.2, 0.25) is 0 Å². The van der Waals surface area contributed by atoms with Gasteiger partial charge < -0.3 is 15.5 Å². The van der Waals surface area contributed by atoms with Gasteiger partial charge in [0.1, 0.15) is 0 Å². The third-order valence-corrected chi connectivity index (χ3v) is 5.94. The molecule has 0 spiro atoms. The molecule has 0 radical (unpaired) electrons. The molecule has 0 saturated carbocycles. The van der Waals surface area contributed by atoms with Gasteiger partial charge in [-0.25, -0.2) is 9.78 Å². The molecule has 1 aliphatic rings. The van der Waals surface area contributed by atoms with Crippen LogP contribution < -0.4 is 10.6 Å². The molecule has 3 amide bonds. The maximum Gasteiger partial charge on any atom is 0.321 e. The lowest BCUT2D eigenvalue weighted by Gasteiger charge is -2.16. The minimum atomic E-state index is -0.185. The molecule has 2 N–H and O–H groups in total. The van der Waals surface area contributed by atoms with Gasteiger partial charge in [0, 0.05) is 48.7 Å². The summed E-state index contributed by atoms with van der Waals surface area (Å²) in [6, 6.07) is 20.7. The largest absolute Gasteiger partial charge is 0.348 e. The van der Waals surface area contributed by atoms with E-state index in [1.165, 1.54) is 0 Å². The summed E-state index contributed by atoms with van der Waals surface area (Å²) in [5, 5.41) is 6.76. The smallest absolute Gasteiger partial charge is 0.321 e. The van der Waals surface area contributed by atoms with Crippen molar-refractivity contribution in [3.63, 3.8) is 0 Å². The van der Waals surface area contributed by atoms with Crippen molar-refractivity contribution < 1.29 is 9.59 Å². The number of rotatable bonds is 5. The van der Waals surface area contributed by atoms with Gasteiger partial charge in [-0.15, -0.1) is 0 Å². The molecule has 0 bridgehead atoms. The zero-order valence-electron chi connectivity index (χ0n) is 18.7. The molecule has 2 aromatic carbocycles. The topological polar surface area (TPSA) is 87.2 Å². The fraction of sp³-hybridized carbons (Fsp3) is 0.185. The van der Waals surface area contributed by atoms with Crippen molar-refractivity contribution >= 4 is 28.5 Å². The van der Waals surface area contributed by atoms with Crippen molar-refractivity contribution in [3.05, 3.63) is 90.3 Å². The average molecular weight is 452 g/mol. The number of urea groups is 1. The van der Waals surface area contributed by atoms with E-state index < -0.39 is 0 Å². The van der Waals surface area contributed by atoms with Crippen LogP contribution in [0.15, 0.2) is 79.1 Å². The lowest BCUT2D eigenvalue weighted by atomic mass is 10.0. The highest BCUT2D eigenvalue weighted by Gasteiger charge is 2.18. The van der Waals surface area contributed by atoms with Crippen LogP contribution in [0.5, 0.6) is 0 Å². The van der Waals surface area contributed by atoms with Gasteiger partial charge in [-0.3, -0.25) is 9.78 Å². The Morgan fingerprint density at radius 3 is 2.62 bits per heavy atom. The number of fused-ring (bicyclic) bond motifs is 1. The molecule has 1 aliphatic heterocycles. The normalized spacial score (nSPS) is 13.1. The van der Waals surface area contributed by atoms with Gasteiger partial charge >= 0.3 is 6.03 Å². The highest BCUT2D eigenvalue weighted by Crippen LogP contribution is 2.24. The third-order valence-electron chi connectivity index (χ3n) is 5.94. The number of carbonyl (C=O) groups excluding carboxylic acids is 2. The molecule has 1 saturated heterocycles. The van der Waals surface area contributed by atoms with E-state index in [1.807, 2.05) is 65.6 Å². The van der Waals surface area contributed by atoms with E-state index in [2.05, 4.69) is 15.6 Å². The molecule has 4 aromatic rings. The Morgan fingerprint density at radius 2 is 1.79 bits per heavy atom. The lowest BCUT2D eigenvalue weighted by Crippen LogP contribution is -2.32. The van der Waals surface area contributed by atoms with E-state index in [-0.39, 0.29) is 11.9 Å². The van der Waals surface area contributed by atoms with Gasteiger partial charge in [-0.05, 0) is 54.8 Å². The summed E-state index contributed by atoms with van der Waals surface area (Å²) in [7, 11) is 0. The van der Waals surface area contributed by atoms with Gasteiger partial charge in [0.25, 0.3) is 5.91 Å². The molecule has 0 aliphatic carbocycles. The van der Waals surface area contributed by atoms with Crippen LogP contribution in [-0.2, 0) is 6.54 Å². The summed E-state index contributed by atoms with van der Waals surface area (Å²) < 4.78 is 0. The molecule has 0 unspecified atom stereocenters. The molecule has 7 nitrogen and oxygen atoms in total. The number of amides is 3. The second kappa shape index (κ2) is 9.70. The Hall–Kier alpha value is -4.26. The summed E-state index contributed by atoms with van der Waals surface area (Å²) in [6.07, 6.45) is 5.54. The third kappa shape index (κ3) is 4.73. The van der Waals surface area contributed by atoms with Gasteiger partial charge in [-0.1, -0.05) is 30.3 Å². The number of para-hydroxylation sites is 1. The second-order valence-corrected chi connectivity index (χ2v) is 8.32. The molecule has 7 heteroatoms. The molecular weight excluding hydrogens is 426 g/mol. The predicted molar refractivity (Wildman–Crippen MR) is 132 cm³/mol. The number of nitrogens with zero attached hydrogens (tertiary/aromatic N) is 3. The second-order valence-electron chi connectivity index (χ2n) is 8.32. The Labute approximate surface area is 197 Å². The van der Waals surface area contributed by atoms with E-state index in [0.717, 1.165) is 53.6 Å². The zero-order chi connectivity index (χ0) is 23.3. The Morgan fingerprint density at radius 1 is 0.941 bits per heavy atom. The number of hydrogen-bond donors (Lipinski definition) is 2. The number of anilines is 1. The number of aromatic nitrogens is 2. The van der Waals surface area contributed by atoms with Crippen molar-refractivity contribution in [2.45, 2.75) is 19.4 Å². The number of carbonyl (C=O) groups is 2. The first-order chi connectivity index (χ1) is 16.7. The number of pyridine rings is 2. The average Bonchev–Trinajstić information content (AvgIpc) is 3.43. The summed E-state index contributed by atoms with van der Waals surface area (Å²) in [5.74, 6) is -0.185. The van der Waals surface area contributed by atoms with Crippen molar-refractivity contribution in [2.75, 3.05) is 18.4 Å². The van der Waals surface area contributed by atoms with Crippen molar-refractivity contribution in [1.82, 2.24) is 20.2 Å². The Balaban J connectivity index is 1.34. The summed E-state index contributed by atoms with van der Waals surface area (Å²) in [5.41, 5.74) is 4.48. The standard InChI is InChI=1S/C27H25N5O2/c33-26(29-17-19-7-5-9-21(15-19)30-27(34)32-13-3-4-14-32)23-16-25(20-8-6-12-28-18-20)31-24-11-2-1-10-22(23)24/h1-2,5-12,15-16,18H,3-4,13-14,17H2,(H,29,33)(H,30,34). The molecule has 2 aromatic heterocycles. The Kier molecular flexibility index (Phi) is 6.16. The lowest BCUT2D eigenvalue weighted by molar-refractivity contribution is 0.0952. The van der Waals surface area contributed by atoms with Crippen LogP contribution in [0.25, 0.3) is 22.2 Å². The van der Waals surface area contributed by atoms with Crippen molar-refractivity contribution in [3.8, 4) is 11.3 Å². The van der Waals surface area contributed by atoms with Gasteiger partial charge in [0.05, 0.1) is 16.8 Å². The minimum absolute atomic E-state index is 0.0788. The maximum atomic E-state index is 13.2. The number of hydrogen-bond acceptors (Lipinski definition) is 4. The minimum Gasteiger partial charge on any atom is -0.348 e. The molecule has 3 heterocycles. The molecule has 0 atom stereocenters. The van der Waals surface area contributed by atoms with Gasteiger partial charge in [-0.2, -0.15) is 0 Å². The SMILES string of the molecule is O=C(NCc1cccc(NC(=O)N2CCCC2)c1)c1cc(-c2cccnc2)nc2ccccc12. The summed E-state index contributed by atoms with van der Waals surface area (Å²) >= 11 is 0. The molecule has 5 rings (SSSR count). The maximum absolute atomic E-state index is 13.2. The van der Waals surface area contributed by atoms with E-state index in [4.69, 9.17) is 4.98 Å². The van der Waals surface area contributed by atoms with Crippen LogP contribution in [-0.4, -0.2) is 39.9 Å². The van der Waals surface area contributed by atoms with Crippen LogP contribution in [0.1, 0.15) is 28.8 Å². The van der Waals surface area contributed by atoms with E-state index in [1.54, 1.807) is 18.5 Å². The first kappa shape index (κ1) is 21.6. The highest BCUT2D eigenvalue weighted by atomic mass is 16.2. The molecular formula is C27H25N5O2. The highest BCUT2D eigenvalue weighted by molar-refractivity contribution is 6.07. The van der Waals surface area contributed by atoms with E-state index in [0.29, 0.717) is 17.8 Å². The van der Waals surface area contributed by atoms with Crippen LogP contribution in [0.2, 0.25) is 0 Å². The first-order valence-electron chi connectivity index (χ1n) is 11.4. The Bertz CT molecular complexity index is 1330. The van der Waals surface area contributed by atoms with E-state index >= 15 is 0 Å². The fourth-order valence-electron chi connectivity index (χ4n) is 4.18. The van der Waals surface area contributed by atoms with Crippen molar-refractivity contribution in [2.24, 2.45) is 0 Å².